The lowest BCUT2D eigenvalue weighted by molar-refractivity contribution is -0.126. The summed E-state index contributed by atoms with van der Waals surface area (Å²) in [5, 5.41) is 2.97. The van der Waals surface area contributed by atoms with E-state index in [9.17, 15) is 9.59 Å². The van der Waals surface area contributed by atoms with E-state index in [2.05, 4.69) is 5.32 Å². The number of furan rings is 1. The number of hydrogen-bond donors (Lipinski definition) is 1. The van der Waals surface area contributed by atoms with Crippen LogP contribution in [0.15, 0.2) is 41.0 Å². The maximum Gasteiger partial charge on any atom is 0.289 e. The number of nitrogens with one attached hydrogen (secondary N) is 1. The lowest BCUT2D eigenvalue weighted by atomic mass is 9.95. The molecule has 144 valence electrons. The normalized spacial score (nSPS) is 14.7. The zero-order valence-corrected chi connectivity index (χ0v) is 15.6. The molecular weight excluding hydrogens is 348 g/mol. The first kappa shape index (κ1) is 18.8. The maximum atomic E-state index is 12.5. The van der Waals surface area contributed by atoms with Gasteiger partial charge in [0.2, 0.25) is 5.91 Å². The molecule has 0 saturated carbocycles. The van der Waals surface area contributed by atoms with E-state index in [1.807, 2.05) is 18.2 Å². The third-order valence-corrected chi connectivity index (χ3v) is 4.83. The fraction of sp³-hybridized carbons (Fsp3) is 0.400. The number of likely N-dealkylation sites (tertiary alicyclic amines) is 1. The third kappa shape index (κ3) is 4.42. The van der Waals surface area contributed by atoms with Crippen LogP contribution in [-0.4, -0.2) is 44.0 Å². The van der Waals surface area contributed by atoms with Crippen molar-refractivity contribution in [2.24, 2.45) is 5.92 Å². The number of carbonyl (C=O) groups is 2. The SMILES string of the molecule is COc1ccc(OC)c(CNC(=O)C2CCN(C(=O)c3ccco3)CC2)c1. The Morgan fingerprint density at radius 3 is 2.59 bits per heavy atom. The van der Waals surface area contributed by atoms with Crippen LogP contribution in [-0.2, 0) is 11.3 Å². The second-order valence-corrected chi connectivity index (χ2v) is 6.44. The Morgan fingerprint density at radius 2 is 1.96 bits per heavy atom. The van der Waals surface area contributed by atoms with E-state index in [-0.39, 0.29) is 17.7 Å². The van der Waals surface area contributed by atoms with Gasteiger partial charge in [-0.3, -0.25) is 9.59 Å². The number of carbonyl (C=O) groups excluding carboxylic acids is 2. The molecule has 0 aliphatic carbocycles. The van der Waals surface area contributed by atoms with Gasteiger partial charge in [-0.05, 0) is 43.2 Å². The summed E-state index contributed by atoms with van der Waals surface area (Å²) in [5.41, 5.74) is 0.857. The van der Waals surface area contributed by atoms with Crippen molar-refractivity contribution in [3.63, 3.8) is 0 Å². The van der Waals surface area contributed by atoms with E-state index in [0.29, 0.717) is 49.7 Å². The number of benzene rings is 1. The van der Waals surface area contributed by atoms with Crippen molar-refractivity contribution in [3.8, 4) is 11.5 Å². The van der Waals surface area contributed by atoms with Crippen LogP contribution < -0.4 is 14.8 Å². The molecule has 1 aliphatic heterocycles. The number of hydrogen-bond acceptors (Lipinski definition) is 5. The molecule has 7 nitrogen and oxygen atoms in total. The van der Waals surface area contributed by atoms with Crippen molar-refractivity contribution in [2.45, 2.75) is 19.4 Å². The summed E-state index contributed by atoms with van der Waals surface area (Å²) in [4.78, 5) is 26.5. The molecule has 2 heterocycles. The minimum atomic E-state index is -0.125. The molecule has 1 fully saturated rings. The van der Waals surface area contributed by atoms with Gasteiger partial charge in [-0.2, -0.15) is 0 Å². The molecule has 0 spiro atoms. The van der Waals surface area contributed by atoms with Gasteiger partial charge in [0.15, 0.2) is 5.76 Å². The lowest BCUT2D eigenvalue weighted by Gasteiger charge is -2.30. The Balaban J connectivity index is 1.52. The van der Waals surface area contributed by atoms with Crippen molar-refractivity contribution < 1.29 is 23.5 Å². The van der Waals surface area contributed by atoms with Crippen LogP contribution in [0.3, 0.4) is 0 Å². The second kappa shape index (κ2) is 8.62. The second-order valence-electron chi connectivity index (χ2n) is 6.44. The summed E-state index contributed by atoms with van der Waals surface area (Å²) < 4.78 is 15.7. The van der Waals surface area contributed by atoms with E-state index >= 15 is 0 Å². The monoisotopic (exact) mass is 372 g/mol. The summed E-state index contributed by atoms with van der Waals surface area (Å²) in [6.45, 7) is 1.45. The first-order valence-corrected chi connectivity index (χ1v) is 8.93. The van der Waals surface area contributed by atoms with E-state index in [0.717, 1.165) is 5.56 Å². The number of methoxy groups -OCH3 is 2. The number of rotatable bonds is 6. The summed E-state index contributed by atoms with van der Waals surface area (Å²) in [6.07, 6.45) is 2.75. The number of amides is 2. The Bertz CT molecular complexity index is 780. The van der Waals surface area contributed by atoms with Gasteiger partial charge in [0.05, 0.1) is 20.5 Å². The Labute approximate surface area is 158 Å². The van der Waals surface area contributed by atoms with Crippen LogP contribution in [0, 0.1) is 5.92 Å². The molecule has 1 aromatic carbocycles. The van der Waals surface area contributed by atoms with Crippen LogP contribution in [0.5, 0.6) is 11.5 Å². The number of ether oxygens (including phenoxy) is 2. The third-order valence-electron chi connectivity index (χ3n) is 4.83. The summed E-state index contributed by atoms with van der Waals surface area (Å²) in [7, 11) is 3.20. The van der Waals surface area contributed by atoms with Crippen molar-refractivity contribution in [3.05, 3.63) is 47.9 Å². The molecule has 0 atom stereocenters. The molecular formula is C20H24N2O5. The van der Waals surface area contributed by atoms with Crippen molar-refractivity contribution >= 4 is 11.8 Å². The predicted octanol–water partition coefficient (Wildman–Crippen LogP) is 2.47. The standard InChI is InChI=1S/C20H24N2O5/c1-25-16-5-6-17(26-2)15(12-16)13-21-19(23)14-7-9-22(10-8-14)20(24)18-4-3-11-27-18/h3-6,11-12,14H,7-10,13H2,1-2H3,(H,21,23). The molecule has 1 aromatic heterocycles. The Morgan fingerprint density at radius 1 is 1.19 bits per heavy atom. The van der Waals surface area contributed by atoms with Gasteiger partial charge in [-0.1, -0.05) is 0 Å². The van der Waals surface area contributed by atoms with Crippen molar-refractivity contribution in [1.29, 1.82) is 0 Å². The van der Waals surface area contributed by atoms with E-state index < -0.39 is 0 Å². The molecule has 2 aromatic rings. The topological polar surface area (TPSA) is 81.0 Å². The summed E-state index contributed by atoms with van der Waals surface area (Å²) in [6, 6.07) is 8.83. The summed E-state index contributed by atoms with van der Waals surface area (Å²) >= 11 is 0. The average Bonchev–Trinajstić information content (AvgIpc) is 3.26. The zero-order valence-electron chi connectivity index (χ0n) is 15.6. The average molecular weight is 372 g/mol. The van der Waals surface area contributed by atoms with Gasteiger partial charge in [0.25, 0.3) is 5.91 Å². The van der Waals surface area contributed by atoms with E-state index in [4.69, 9.17) is 13.9 Å². The highest BCUT2D eigenvalue weighted by Gasteiger charge is 2.28. The molecule has 0 unspecified atom stereocenters. The minimum Gasteiger partial charge on any atom is -0.497 e. The molecule has 0 radical (unpaired) electrons. The summed E-state index contributed by atoms with van der Waals surface area (Å²) in [5.74, 6) is 1.51. The van der Waals surface area contributed by atoms with Gasteiger partial charge < -0.3 is 24.1 Å². The molecule has 7 heteroatoms. The number of nitrogens with zero attached hydrogens (tertiary/aromatic N) is 1. The Hall–Kier alpha value is -2.96. The molecule has 1 N–H and O–H groups in total. The van der Waals surface area contributed by atoms with Gasteiger partial charge in [-0.25, -0.2) is 0 Å². The van der Waals surface area contributed by atoms with Crippen molar-refractivity contribution in [2.75, 3.05) is 27.3 Å². The molecule has 2 amide bonds. The van der Waals surface area contributed by atoms with Crippen LogP contribution in [0.2, 0.25) is 0 Å². The molecule has 0 bridgehead atoms. The van der Waals surface area contributed by atoms with Crippen LogP contribution >= 0.6 is 0 Å². The molecule has 27 heavy (non-hydrogen) atoms. The van der Waals surface area contributed by atoms with Crippen molar-refractivity contribution in [1.82, 2.24) is 10.2 Å². The first-order chi connectivity index (χ1) is 13.1. The van der Waals surface area contributed by atoms with Gasteiger partial charge in [0, 0.05) is 31.1 Å². The first-order valence-electron chi connectivity index (χ1n) is 8.93. The smallest absolute Gasteiger partial charge is 0.289 e. The minimum absolute atomic E-state index is 0.00929. The quantitative estimate of drug-likeness (QED) is 0.842. The Kier molecular flexibility index (Phi) is 6.01. The molecule has 3 rings (SSSR count). The van der Waals surface area contributed by atoms with Gasteiger partial charge in [0.1, 0.15) is 11.5 Å². The zero-order chi connectivity index (χ0) is 19.2. The van der Waals surface area contributed by atoms with Crippen LogP contribution in [0.1, 0.15) is 29.0 Å². The fourth-order valence-corrected chi connectivity index (χ4v) is 3.25. The highest BCUT2D eigenvalue weighted by Crippen LogP contribution is 2.24. The number of piperidine rings is 1. The lowest BCUT2D eigenvalue weighted by Crippen LogP contribution is -2.42. The molecule has 1 saturated heterocycles. The van der Waals surface area contributed by atoms with Crippen LogP contribution in [0.4, 0.5) is 0 Å². The highest BCUT2D eigenvalue weighted by molar-refractivity contribution is 5.91. The molecule has 1 aliphatic rings. The van der Waals surface area contributed by atoms with E-state index in [1.54, 1.807) is 31.3 Å². The predicted molar refractivity (Wildman–Crippen MR) is 98.7 cm³/mol. The van der Waals surface area contributed by atoms with Crippen LogP contribution in [0.25, 0.3) is 0 Å². The highest BCUT2D eigenvalue weighted by atomic mass is 16.5. The maximum absolute atomic E-state index is 12.5. The largest absolute Gasteiger partial charge is 0.497 e. The fourth-order valence-electron chi connectivity index (χ4n) is 3.25. The van der Waals surface area contributed by atoms with Gasteiger partial charge >= 0.3 is 0 Å². The van der Waals surface area contributed by atoms with Gasteiger partial charge in [-0.15, -0.1) is 0 Å². The van der Waals surface area contributed by atoms with E-state index in [1.165, 1.54) is 6.26 Å².